The zero-order chi connectivity index (χ0) is 16.2. The molecule has 3 nitrogen and oxygen atoms in total. The third kappa shape index (κ3) is 3.20. The molecule has 0 aromatic heterocycles. The predicted octanol–water partition coefficient (Wildman–Crippen LogP) is 3.89. The van der Waals surface area contributed by atoms with Crippen LogP contribution in [0.5, 0.6) is 11.5 Å². The summed E-state index contributed by atoms with van der Waals surface area (Å²) in [6.07, 6.45) is 2.09. The highest BCUT2D eigenvalue weighted by molar-refractivity contribution is 5.51. The number of fused-ring (bicyclic) bond motifs is 1. The lowest BCUT2D eigenvalue weighted by atomic mass is 9.89. The summed E-state index contributed by atoms with van der Waals surface area (Å²) in [5, 5.41) is 3.64. The molecular formula is C20H25NO2. The Morgan fingerprint density at radius 2 is 1.87 bits per heavy atom. The quantitative estimate of drug-likeness (QED) is 0.908. The molecule has 2 aromatic rings. The maximum Gasteiger partial charge on any atom is 0.161 e. The van der Waals surface area contributed by atoms with Gasteiger partial charge in [0.2, 0.25) is 0 Å². The first-order valence-corrected chi connectivity index (χ1v) is 8.42. The van der Waals surface area contributed by atoms with Crippen LogP contribution in [0.15, 0.2) is 36.4 Å². The third-order valence-corrected chi connectivity index (χ3v) is 4.50. The van der Waals surface area contributed by atoms with Crippen molar-refractivity contribution >= 4 is 0 Å². The number of ether oxygens (including phenoxy) is 2. The van der Waals surface area contributed by atoms with Crippen LogP contribution >= 0.6 is 0 Å². The summed E-state index contributed by atoms with van der Waals surface area (Å²) in [6, 6.07) is 13.4. The first-order valence-electron chi connectivity index (χ1n) is 8.42. The number of methoxy groups -OCH3 is 1. The summed E-state index contributed by atoms with van der Waals surface area (Å²) in [6.45, 7) is 5.80. The summed E-state index contributed by atoms with van der Waals surface area (Å²) in [5.74, 6) is 1.65. The Morgan fingerprint density at radius 3 is 2.52 bits per heavy atom. The molecule has 1 aliphatic rings. The van der Waals surface area contributed by atoms with Crippen molar-refractivity contribution in [3.63, 3.8) is 0 Å². The van der Waals surface area contributed by atoms with Gasteiger partial charge in [0.25, 0.3) is 0 Å². The van der Waals surface area contributed by atoms with E-state index in [-0.39, 0.29) is 6.04 Å². The highest BCUT2D eigenvalue weighted by Gasteiger charge is 2.23. The van der Waals surface area contributed by atoms with Gasteiger partial charge >= 0.3 is 0 Å². The first-order chi connectivity index (χ1) is 11.3. The molecule has 0 amide bonds. The Labute approximate surface area is 138 Å². The van der Waals surface area contributed by atoms with Crippen LogP contribution in [0.2, 0.25) is 0 Å². The average molecular weight is 311 g/mol. The van der Waals surface area contributed by atoms with Crippen LogP contribution < -0.4 is 14.8 Å². The molecule has 1 atom stereocenters. The molecule has 3 rings (SSSR count). The Kier molecular flexibility index (Phi) is 4.87. The molecule has 1 N–H and O–H groups in total. The van der Waals surface area contributed by atoms with E-state index in [2.05, 4.69) is 48.6 Å². The van der Waals surface area contributed by atoms with Gasteiger partial charge in [0.1, 0.15) is 0 Å². The Morgan fingerprint density at radius 1 is 1.09 bits per heavy atom. The second-order valence-electron chi connectivity index (χ2n) is 5.87. The van der Waals surface area contributed by atoms with Crippen molar-refractivity contribution in [1.82, 2.24) is 5.32 Å². The molecule has 1 aliphatic heterocycles. The number of nitrogens with one attached hydrogen (secondary N) is 1. The summed E-state index contributed by atoms with van der Waals surface area (Å²) in [4.78, 5) is 0. The number of hydrogen-bond acceptors (Lipinski definition) is 3. The van der Waals surface area contributed by atoms with Crippen molar-refractivity contribution in [2.75, 3.05) is 20.3 Å². The summed E-state index contributed by atoms with van der Waals surface area (Å²) >= 11 is 0. The van der Waals surface area contributed by atoms with Gasteiger partial charge in [0, 0.05) is 6.54 Å². The largest absolute Gasteiger partial charge is 0.493 e. The number of hydrogen-bond donors (Lipinski definition) is 1. The molecule has 0 saturated heterocycles. The lowest BCUT2D eigenvalue weighted by molar-refractivity contribution is 0.309. The lowest BCUT2D eigenvalue weighted by Crippen LogP contribution is -2.30. The second-order valence-corrected chi connectivity index (χ2v) is 5.87. The normalized spacial score (nSPS) is 16.7. The van der Waals surface area contributed by atoms with Crippen LogP contribution in [0.4, 0.5) is 0 Å². The van der Waals surface area contributed by atoms with Crippen LogP contribution in [0.25, 0.3) is 0 Å². The van der Waals surface area contributed by atoms with Gasteiger partial charge in [-0.2, -0.15) is 0 Å². The maximum atomic E-state index is 5.76. The molecule has 122 valence electrons. The van der Waals surface area contributed by atoms with Crippen molar-refractivity contribution in [1.29, 1.82) is 0 Å². The SMILES string of the molecule is CCOc1cc2c(cc1OC)CCNC2c1ccc(CC)cc1. The van der Waals surface area contributed by atoms with Gasteiger partial charge in [-0.3, -0.25) is 0 Å². The second kappa shape index (κ2) is 7.05. The molecule has 3 heteroatoms. The zero-order valence-electron chi connectivity index (χ0n) is 14.2. The van der Waals surface area contributed by atoms with Gasteiger partial charge in [0.15, 0.2) is 11.5 Å². The van der Waals surface area contributed by atoms with E-state index in [1.807, 2.05) is 6.92 Å². The lowest BCUT2D eigenvalue weighted by Gasteiger charge is -2.28. The summed E-state index contributed by atoms with van der Waals surface area (Å²) in [7, 11) is 1.70. The Bertz CT molecular complexity index is 664. The van der Waals surface area contributed by atoms with E-state index in [9.17, 15) is 0 Å². The molecular weight excluding hydrogens is 286 g/mol. The Hall–Kier alpha value is -2.00. The predicted molar refractivity (Wildman–Crippen MR) is 93.5 cm³/mol. The molecule has 2 aromatic carbocycles. The number of rotatable bonds is 5. The third-order valence-electron chi connectivity index (χ3n) is 4.50. The molecule has 1 unspecified atom stereocenters. The van der Waals surface area contributed by atoms with E-state index in [4.69, 9.17) is 9.47 Å². The van der Waals surface area contributed by atoms with Crippen LogP contribution in [0, 0.1) is 0 Å². The minimum Gasteiger partial charge on any atom is -0.493 e. The number of benzene rings is 2. The van der Waals surface area contributed by atoms with Crippen molar-refractivity contribution in [2.24, 2.45) is 0 Å². The van der Waals surface area contributed by atoms with Crippen molar-refractivity contribution in [2.45, 2.75) is 32.7 Å². The van der Waals surface area contributed by atoms with Gasteiger partial charge < -0.3 is 14.8 Å². The van der Waals surface area contributed by atoms with Crippen LogP contribution in [0.3, 0.4) is 0 Å². The van der Waals surface area contributed by atoms with Gasteiger partial charge in [0.05, 0.1) is 19.8 Å². The van der Waals surface area contributed by atoms with Gasteiger partial charge in [-0.25, -0.2) is 0 Å². The Balaban J connectivity index is 2.01. The minimum atomic E-state index is 0.217. The first kappa shape index (κ1) is 15.9. The summed E-state index contributed by atoms with van der Waals surface area (Å²) in [5.41, 5.74) is 5.31. The fourth-order valence-corrected chi connectivity index (χ4v) is 3.24. The van der Waals surface area contributed by atoms with E-state index in [1.165, 1.54) is 22.3 Å². The van der Waals surface area contributed by atoms with Crippen LogP contribution in [-0.2, 0) is 12.8 Å². The van der Waals surface area contributed by atoms with Crippen LogP contribution in [0.1, 0.15) is 42.1 Å². The molecule has 0 spiro atoms. The molecule has 0 fully saturated rings. The highest BCUT2D eigenvalue weighted by Crippen LogP contribution is 2.37. The molecule has 0 saturated carbocycles. The maximum absolute atomic E-state index is 5.76. The fraction of sp³-hybridized carbons (Fsp3) is 0.400. The zero-order valence-corrected chi connectivity index (χ0v) is 14.2. The van der Waals surface area contributed by atoms with Gasteiger partial charge in [-0.1, -0.05) is 31.2 Å². The van der Waals surface area contributed by atoms with Crippen LogP contribution in [-0.4, -0.2) is 20.3 Å². The van der Waals surface area contributed by atoms with Crippen molar-refractivity contribution in [3.8, 4) is 11.5 Å². The van der Waals surface area contributed by atoms with E-state index in [1.54, 1.807) is 7.11 Å². The smallest absolute Gasteiger partial charge is 0.161 e. The minimum absolute atomic E-state index is 0.217. The standard InChI is InChI=1S/C20H25NO2/c1-4-14-6-8-15(9-7-14)20-17-13-19(23-5-2)18(22-3)12-16(17)10-11-21-20/h6-9,12-13,20-21H,4-5,10-11H2,1-3H3. The molecule has 23 heavy (non-hydrogen) atoms. The van der Waals surface area contributed by atoms with Crippen molar-refractivity contribution < 1.29 is 9.47 Å². The number of aryl methyl sites for hydroxylation is 1. The summed E-state index contributed by atoms with van der Waals surface area (Å²) < 4.78 is 11.3. The van der Waals surface area contributed by atoms with E-state index < -0.39 is 0 Å². The molecule has 0 bridgehead atoms. The van der Waals surface area contributed by atoms with E-state index in [0.717, 1.165) is 30.9 Å². The van der Waals surface area contributed by atoms with E-state index >= 15 is 0 Å². The molecule has 0 aliphatic carbocycles. The average Bonchev–Trinajstić information content (AvgIpc) is 2.61. The van der Waals surface area contributed by atoms with Crippen molar-refractivity contribution in [3.05, 3.63) is 58.7 Å². The molecule has 0 radical (unpaired) electrons. The fourth-order valence-electron chi connectivity index (χ4n) is 3.24. The van der Waals surface area contributed by atoms with Gasteiger partial charge in [-0.15, -0.1) is 0 Å². The monoisotopic (exact) mass is 311 g/mol. The molecule has 1 heterocycles. The van der Waals surface area contributed by atoms with Gasteiger partial charge in [-0.05, 0) is 54.2 Å². The topological polar surface area (TPSA) is 30.5 Å². The van der Waals surface area contributed by atoms with E-state index in [0.29, 0.717) is 6.61 Å². The highest BCUT2D eigenvalue weighted by atomic mass is 16.5.